The highest BCUT2D eigenvalue weighted by atomic mass is 32.2. The Kier molecular flexibility index (Phi) is 9.74. The molecule has 1 fully saturated rings. The second-order valence-corrected chi connectivity index (χ2v) is 11.1. The molecule has 0 bridgehead atoms. The summed E-state index contributed by atoms with van der Waals surface area (Å²) in [7, 11) is 1.58. The van der Waals surface area contributed by atoms with E-state index in [1.54, 1.807) is 25.4 Å². The smallest absolute Gasteiger partial charge is 0.416 e. The number of aliphatic carboxylic acids is 1. The minimum atomic E-state index is -4.36. The fraction of sp³-hybridized carbons (Fsp3) is 0.448. The minimum absolute atomic E-state index is 0.0458. The van der Waals surface area contributed by atoms with Gasteiger partial charge in [0.1, 0.15) is 5.75 Å². The van der Waals surface area contributed by atoms with Crippen molar-refractivity contribution in [1.29, 1.82) is 0 Å². The van der Waals surface area contributed by atoms with E-state index in [4.69, 9.17) is 4.74 Å². The summed E-state index contributed by atoms with van der Waals surface area (Å²) in [5, 5.41) is 21.7. The first-order valence-corrected chi connectivity index (χ1v) is 14.0. The topological polar surface area (TPSA) is 82.9 Å². The van der Waals surface area contributed by atoms with Crippen LogP contribution in [0.4, 0.5) is 13.2 Å². The molecule has 0 radical (unpaired) electrons. The quantitative estimate of drug-likeness (QED) is 0.210. The molecule has 10 heteroatoms. The van der Waals surface area contributed by atoms with Crippen molar-refractivity contribution in [2.45, 2.75) is 42.9 Å². The summed E-state index contributed by atoms with van der Waals surface area (Å²) in [5.41, 5.74) is 0.859. The average molecular weight is 563 g/mol. The van der Waals surface area contributed by atoms with Crippen molar-refractivity contribution in [1.82, 2.24) is 9.88 Å². The summed E-state index contributed by atoms with van der Waals surface area (Å²) in [5.74, 6) is -0.0884. The number of carboxylic acids is 1. The van der Waals surface area contributed by atoms with Crippen molar-refractivity contribution in [3.05, 3.63) is 65.9 Å². The van der Waals surface area contributed by atoms with Crippen molar-refractivity contribution >= 4 is 28.6 Å². The highest BCUT2D eigenvalue weighted by molar-refractivity contribution is 7.99. The lowest BCUT2D eigenvalue weighted by Gasteiger charge is -2.37. The van der Waals surface area contributed by atoms with Crippen molar-refractivity contribution < 1.29 is 32.9 Å². The SMILES string of the molecule is COc1ccc2nccc([C@H](O)CC[C@@H]3CCN(CCCSc4cccc(C(F)(F)F)c4)C[C@@H]3C(=O)O)c2c1. The Labute approximate surface area is 230 Å². The number of aliphatic hydroxyl groups is 1. The second-order valence-electron chi connectivity index (χ2n) is 9.90. The molecule has 0 saturated carbocycles. The molecule has 210 valence electrons. The van der Waals surface area contributed by atoms with Crippen LogP contribution in [0.25, 0.3) is 10.9 Å². The number of rotatable bonds is 11. The number of hydrogen-bond acceptors (Lipinski definition) is 6. The Balaban J connectivity index is 1.28. The summed E-state index contributed by atoms with van der Waals surface area (Å²) < 4.78 is 44.1. The minimum Gasteiger partial charge on any atom is -0.497 e. The van der Waals surface area contributed by atoms with Gasteiger partial charge in [0.05, 0.1) is 30.2 Å². The van der Waals surface area contributed by atoms with Crippen LogP contribution in [0.2, 0.25) is 0 Å². The molecule has 2 aromatic carbocycles. The molecule has 0 aliphatic carbocycles. The number of pyridine rings is 1. The molecule has 1 aliphatic heterocycles. The molecule has 39 heavy (non-hydrogen) atoms. The molecule has 1 aliphatic rings. The number of aliphatic hydroxyl groups excluding tert-OH is 1. The molecule has 4 rings (SSSR count). The van der Waals surface area contributed by atoms with Crippen molar-refractivity contribution in [2.75, 3.05) is 32.5 Å². The van der Waals surface area contributed by atoms with E-state index in [9.17, 15) is 28.2 Å². The van der Waals surface area contributed by atoms with E-state index in [0.717, 1.165) is 48.0 Å². The fourth-order valence-electron chi connectivity index (χ4n) is 5.23. The van der Waals surface area contributed by atoms with Crippen LogP contribution in [-0.2, 0) is 11.0 Å². The molecule has 3 aromatic rings. The van der Waals surface area contributed by atoms with Crippen LogP contribution in [-0.4, -0.2) is 58.6 Å². The predicted molar refractivity (Wildman–Crippen MR) is 145 cm³/mol. The summed E-state index contributed by atoms with van der Waals surface area (Å²) >= 11 is 1.38. The normalized spacial score (nSPS) is 19.2. The Morgan fingerprint density at radius 3 is 2.79 bits per heavy atom. The fourth-order valence-corrected chi connectivity index (χ4v) is 6.12. The van der Waals surface area contributed by atoms with E-state index >= 15 is 0 Å². The van der Waals surface area contributed by atoms with Gasteiger partial charge in [-0.2, -0.15) is 13.2 Å². The zero-order valence-electron chi connectivity index (χ0n) is 21.7. The molecule has 0 spiro atoms. The number of carbonyl (C=O) groups is 1. The number of nitrogens with zero attached hydrogens (tertiary/aromatic N) is 2. The maximum absolute atomic E-state index is 12.9. The molecule has 1 saturated heterocycles. The van der Waals surface area contributed by atoms with E-state index in [0.29, 0.717) is 42.3 Å². The Morgan fingerprint density at radius 1 is 1.23 bits per heavy atom. The van der Waals surface area contributed by atoms with Gasteiger partial charge in [0, 0.05) is 23.0 Å². The number of halogens is 3. The number of alkyl halides is 3. The zero-order chi connectivity index (χ0) is 28.0. The van der Waals surface area contributed by atoms with E-state index in [-0.39, 0.29) is 5.92 Å². The van der Waals surface area contributed by atoms with Crippen molar-refractivity contribution in [3.63, 3.8) is 0 Å². The largest absolute Gasteiger partial charge is 0.497 e. The van der Waals surface area contributed by atoms with Crippen LogP contribution < -0.4 is 4.74 Å². The monoisotopic (exact) mass is 562 g/mol. The number of thioether (sulfide) groups is 1. The van der Waals surface area contributed by atoms with Crippen LogP contribution >= 0.6 is 11.8 Å². The van der Waals surface area contributed by atoms with E-state index in [1.165, 1.54) is 17.8 Å². The van der Waals surface area contributed by atoms with E-state index < -0.39 is 29.7 Å². The van der Waals surface area contributed by atoms with Crippen molar-refractivity contribution in [3.8, 4) is 5.75 Å². The van der Waals surface area contributed by atoms with Gasteiger partial charge in [-0.3, -0.25) is 9.78 Å². The van der Waals surface area contributed by atoms with E-state index in [1.807, 2.05) is 18.2 Å². The zero-order valence-corrected chi connectivity index (χ0v) is 22.5. The van der Waals surface area contributed by atoms with Crippen LogP contribution in [0.5, 0.6) is 5.75 Å². The Hall–Kier alpha value is -2.82. The molecule has 0 amide bonds. The summed E-state index contributed by atoms with van der Waals surface area (Å²) in [6.45, 7) is 1.88. The maximum atomic E-state index is 12.9. The van der Waals surface area contributed by atoms with E-state index in [2.05, 4.69) is 9.88 Å². The van der Waals surface area contributed by atoms with Crippen LogP contribution in [0, 0.1) is 11.8 Å². The standard InChI is InChI=1S/C29H33F3N2O4S/c1-38-21-7-8-26-24(17-21)23(10-12-33-26)27(35)9-6-19-11-14-34(18-25(19)28(36)37)13-3-15-39-22-5-2-4-20(16-22)29(30,31)32/h2,4-5,7-8,10,12,16-17,19,25,27,35H,3,6,9,11,13-15,18H2,1H3,(H,36,37)/t19-,25+,27-/m1/s1. The van der Waals surface area contributed by atoms with Crippen LogP contribution in [0.3, 0.4) is 0 Å². The Morgan fingerprint density at radius 2 is 2.05 bits per heavy atom. The molecule has 3 atom stereocenters. The number of carboxylic acid groups (broad SMARTS) is 1. The molecule has 0 unspecified atom stereocenters. The summed E-state index contributed by atoms with van der Waals surface area (Å²) in [6.07, 6.45) is -0.948. The Bertz CT molecular complexity index is 1270. The van der Waals surface area contributed by atoms with Crippen molar-refractivity contribution in [2.24, 2.45) is 11.8 Å². The van der Waals surface area contributed by atoms with Gasteiger partial charge < -0.3 is 19.8 Å². The number of likely N-dealkylation sites (tertiary alicyclic amines) is 1. The maximum Gasteiger partial charge on any atom is 0.416 e. The van der Waals surface area contributed by atoms with Gasteiger partial charge in [-0.05, 0) is 98.5 Å². The van der Waals surface area contributed by atoms with Gasteiger partial charge in [0.15, 0.2) is 0 Å². The number of ether oxygens (including phenoxy) is 1. The third-order valence-electron chi connectivity index (χ3n) is 7.36. The number of methoxy groups -OCH3 is 1. The molecule has 2 heterocycles. The first kappa shape index (κ1) is 29.2. The average Bonchev–Trinajstić information content (AvgIpc) is 2.93. The lowest BCUT2D eigenvalue weighted by atomic mass is 9.81. The molecule has 1 aromatic heterocycles. The van der Waals surface area contributed by atoms with Crippen LogP contribution in [0.15, 0.2) is 59.6 Å². The first-order chi connectivity index (χ1) is 18.7. The van der Waals surface area contributed by atoms with Gasteiger partial charge in [-0.25, -0.2) is 0 Å². The third-order valence-corrected chi connectivity index (χ3v) is 8.44. The van der Waals surface area contributed by atoms with Gasteiger partial charge >= 0.3 is 12.1 Å². The van der Waals surface area contributed by atoms with Gasteiger partial charge in [0.25, 0.3) is 0 Å². The summed E-state index contributed by atoms with van der Waals surface area (Å²) in [6, 6.07) is 12.6. The number of piperidine rings is 1. The molecular formula is C29H33F3N2O4S. The van der Waals surface area contributed by atoms with Gasteiger partial charge in [-0.15, -0.1) is 11.8 Å². The number of hydrogen-bond donors (Lipinski definition) is 2. The number of aromatic nitrogens is 1. The third kappa shape index (κ3) is 7.64. The lowest BCUT2D eigenvalue weighted by Crippen LogP contribution is -2.44. The number of fused-ring (bicyclic) bond motifs is 1. The molecule has 2 N–H and O–H groups in total. The van der Waals surface area contributed by atoms with Crippen LogP contribution in [0.1, 0.15) is 42.9 Å². The molecule has 6 nitrogen and oxygen atoms in total. The molecular weight excluding hydrogens is 529 g/mol. The van der Waals surface area contributed by atoms with Gasteiger partial charge in [0.2, 0.25) is 0 Å². The second kappa shape index (κ2) is 13.0. The first-order valence-electron chi connectivity index (χ1n) is 13.0. The highest BCUT2D eigenvalue weighted by Gasteiger charge is 2.34. The predicted octanol–water partition coefficient (Wildman–Crippen LogP) is 6.28. The summed E-state index contributed by atoms with van der Waals surface area (Å²) in [4.78, 5) is 19.1. The highest BCUT2D eigenvalue weighted by Crippen LogP contribution is 2.35. The lowest BCUT2D eigenvalue weighted by molar-refractivity contribution is -0.146. The number of benzene rings is 2. The van der Waals surface area contributed by atoms with Gasteiger partial charge in [-0.1, -0.05) is 6.07 Å².